The summed E-state index contributed by atoms with van der Waals surface area (Å²) in [5, 5.41) is 13.0. The fraction of sp³-hybridized carbons (Fsp3) is 0.500. The highest BCUT2D eigenvalue weighted by Crippen LogP contribution is 2.25. The third-order valence-corrected chi connectivity index (χ3v) is 6.47. The van der Waals surface area contributed by atoms with Gasteiger partial charge in [-0.3, -0.25) is 4.99 Å². The first-order chi connectivity index (χ1) is 13.6. The first-order valence-corrected chi connectivity index (χ1v) is 10.9. The molecule has 1 aliphatic rings. The van der Waals surface area contributed by atoms with E-state index in [1.807, 2.05) is 7.05 Å². The van der Waals surface area contributed by atoms with E-state index in [1.165, 1.54) is 10.4 Å². The molecule has 2 unspecified atom stereocenters. The van der Waals surface area contributed by atoms with E-state index in [0.29, 0.717) is 0 Å². The maximum Gasteiger partial charge on any atom is 0.191 e. The Morgan fingerprint density at radius 2 is 1.83 bits per heavy atom. The number of nitrogens with zero attached hydrogens (tertiary/aromatic N) is 1. The number of ether oxygens (including phenoxy) is 1. The van der Waals surface area contributed by atoms with E-state index in [-0.39, 0.29) is 41.6 Å². The lowest BCUT2D eigenvalue weighted by molar-refractivity contribution is 0.0354. The van der Waals surface area contributed by atoms with Gasteiger partial charge in [0.1, 0.15) is 0 Å². The van der Waals surface area contributed by atoms with E-state index in [1.54, 1.807) is 11.3 Å². The Morgan fingerprint density at radius 3 is 2.45 bits per heavy atom. The Labute approximate surface area is 195 Å². The predicted octanol–water partition coefficient (Wildman–Crippen LogP) is 4.49. The molecule has 1 fully saturated rings. The molecule has 5 nitrogen and oxygen atoms in total. The molecule has 0 bridgehead atoms. The Bertz CT molecular complexity index is 733. The minimum absolute atomic E-state index is 0. The molecule has 1 aromatic carbocycles. The van der Waals surface area contributed by atoms with E-state index in [4.69, 9.17) is 4.74 Å². The Kier molecular flexibility index (Phi) is 9.88. The van der Waals surface area contributed by atoms with Gasteiger partial charge in [-0.25, -0.2) is 0 Å². The van der Waals surface area contributed by atoms with Gasteiger partial charge >= 0.3 is 0 Å². The molecule has 2 heterocycles. The monoisotopic (exact) mass is 528 g/mol. The highest BCUT2D eigenvalue weighted by molar-refractivity contribution is 14.0. The van der Waals surface area contributed by atoms with Gasteiger partial charge in [0, 0.05) is 43.3 Å². The van der Waals surface area contributed by atoms with Gasteiger partial charge in [-0.05, 0) is 43.7 Å². The number of benzene rings is 1. The van der Waals surface area contributed by atoms with Crippen LogP contribution in [-0.2, 0) is 4.74 Å². The molecule has 3 rings (SSSR count). The van der Waals surface area contributed by atoms with Crippen LogP contribution in [0.3, 0.4) is 0 Å². The van der Waals surface area contributed by atoms with E-state index in [9.17, 15) is 0 Å². The van der Waals surface area contributed by atoms with Crippen LogP contribution in [0.5, 0.6) is 0 Å². The van der Waals surface area contributed by atoms with Crippen molar-refractivity contribution in [2.24, 2.45) is 4.99 Å². The zero-order chi connectivity index (χ0) is 19.8. The number of thiophene rings is 1. The molecule has 29 heavy (non-hydrogen) atoms. The second kappa shape index (κ2) is 11.9. The van der Waals surface area contributed by atoms with Crippen LogP contribution in [-0.4, -0.2) is 38.3 Å². The standard InChI is InChI=1S/C22H32N4OS.HI/c1-17(19-8-5-4-6-9-19)26-22(11-13-27-14-12-22)16-24-21(23-3)25-18(2)20-10-7-15-28-20;/h4-10,15,17-18,26H,11-14,16H2,1-3H3,(H2,23,24,25);1H. The van der Waals surface area contributed by atoms with Crippen LogP contribution in [0.25, 0.3) is 0 Å². The highest BCUT2D eigenvalue weighted by Gasteiger charge is 2.34. The lowest BCUT2D eigenvalue weighted by Crippen LogP contribution is -2.58. The summed E-state index contributed by atoms with van der Waals surface area (Å²) in [4.78, 5) is 5.74. The summed E-state index contributed by atoms with van der Waals surface area (Å²) in [6.07, 6.45) is 1.96. The Balaban J connectivity index is 0.00000300. The van der Waals surface area contributed by atoms with Crippen molar-refractivity contribution in [2.45, 2.75) is 44.3 Å². The molecule has 0 aliphatic carbocycles. The van der Waals surface area contributed by atoms with Gasteiger partial charge in [-0.15, -0.1) is 35.3 Å². The van der Waals surface area contributed by atoms with Crippen molar-refractivity contribution in [3.05, 3.63) is 58.3 Å². The molecule has 0 saturated carbocycles. The molecule has 0 spiro atoms. The predicted molar refractivity (Wildman–Crippen MR) is 133 cm³/mol. The number of hydrogen-bond acceptors (Lipinski definition) is 4. The summed E-state index contributed by atoms with van der Waals surface area (Å²) >= 11 is 1.76. The van der Waals surface area contributed by atoms with E-state index in [2.05, 4.69) is 82.6 Å². The smallest absolute Gasteiger partial charge is 0.191 e. The van der Waals surface area contributed by atoms with Crippen LogP contribution in [0.4, 0.5) is 0 Å². The van der Waals surface area contributed by atoms with Gasteiger partial charge in [0.25, 0.3) is 0 Å². The van der Waals surface area contributed by atoms with Crippen LogP contribution in [0.15, 0.2) is 52.8 Å². The van der Waals surface area contributed by atoms with Crippen molar-refractivity contribution in [1.82, 2.24) is 16.0 Å². The summed E-state index contributed by atoms with van der Waals surface area (Å²) in [5.74, 6) is 0.834. The first-order valence-electron chi connectivity index (χ1n) is 10.0. The fourth-order valence-electron chi connectivity index (χ4n) is 3.68. The van der Waals surface area contributed by atoms with Crippen LogP contribution >= 0.6 is 35.3 Å². The molecule has 0 amide bonds. The normalized spacial score (nSPS) is 18.4. The zero-order valence-electron chi connectivity index (χ0n) is 17.5. The average molecular weight is 529 g/mol. The first kappa shape index (κ1) is 24.1. The number of nitrogens with one attached hydrogen (secondary N) is 3. The molecule has 160 valence electrons. The summed E-state index contributed by atoms with van der Waals surface area (Å²) < 4.78 is 5.65. The summed E-state index contributed by atoms with van der Waals surface area (Å²) in [6.45, 7) is 6.78. The van der Waals surface area contributed by atoms with Gasteiger partial charge in [-0.2, -0.15) is 0 Å². The summed E-state index contributed by atoms with van der Waals surface area (Å²) in [7, 11) is 1.83. The number of halogens is 1. The quantitative estimate of drug-likeness (QED) is 0.282. The average Bonchev–Trinajstić information content (AvgIpc) is 3.27. The zero-order valence-corrected chi connectivity index (χ0v) is 20.6. The van der Waals surface area contributed by atoms with Gasteiger partial charge < -0.3 is 20.7 Å². The lowest BCUT2D eigenvalue weighted by Gasteiger charge is -2.41. The third-order valence-electron chi connectivity index (χ3n) is 5.41. The topological polar surface area (TPSA) is 57.7 Å². The minimum atomic E-state index is -0.0166. The summed E-state index contributed by atoms with van der Waals surface area (Å²) in [5.41, 5.74) is 1.29. The van der Waals surface area contributed by atoms with Crippen molar-refractivity contribution in [3.8, 4) is 0 Å². The number of hydrogen-bond donors (Lipinski definition) is 3. The van der Waals surface area contributed by atoms with Crippen LogP contribution < -0.4 is 16.0 Å². The number of aliphatic imine (C=N–C) groups is 1. The van der Waals surface area contributed by atoms with E-state index in [0.717, 1.165) is 38.6 Å². The van der Waals surface area contributed by atoms with E-state index < -0.39 is 0 Å². The SMILES string of the molecule is CN=C(NCC1(NC(C)c2ccccc2)CCOCC1)NC(C)c1cccs1.I. The lowest BCUT2D eigenvalue weighted by atomic mass is 9.88. The van der Waals surface area contributed by atoms with Crippen LogP contribution in [0.1, 0.15) is 49.2 Å². The van der Waals surface area contributed by atoms with Crippen LogP contribution in [0, 0.1) is 0 Å². The Hall–Kier alpha value is -1.16. The molecule has 2 aromatic rings. The van der Waals surface area contributed by atoms with Gasteiger partial charge in [0.05, 0.1) is 6.04 Å². The maximum absolute atomic E-state index is 5.65. The molecule has 0 radical (unpaired) electrons. The second-order valence-electron chi connectivity index (χ2n) is 7.48. The van der Waals surface area contributed by atoms with Crippen molar-refractivity contribution in [1.29, 1.82) is 0 Å². The Morgan fingerprint density at radius 1 is 1.10 bits per heavy atom. The van der Waals surface area contributed by atoms with Crippen molar-refractivity contribution < 1.29 is 4.74 Å². The summed E-state index contributed by atoms with van der Waals surface area (Å²) in [6, 6.07) is 15.4. The highest BCUT2D eigenvalue weighted by atomic mass is 127. The van der Waals surface area contributed by atoms with Crippen molar-refractivity contribution in [2.75, 3.05) is 26.8 Å². The molecule has 2 atom stereocenters. The molecule has 7 heteroatoms. The van der Waals surface area contributed by atoms with Crippen LogP contribution in [0.2, 0.25) is 0 Å². The molecule has 3 N–H and O–H groups in total. The fourth-order valence-corrected chi connectivity index (χ4v) is 4.41. The molecule has 1 aliphatic heterocycles. The van der Waals surface area contributed by atoms with Crippen molar-refractivity contribution in [3.63, 3.8) is 0 Å². The van der Waals surface area contributed by atoms with Gasteiger partial charge in [-0.1, -0.05) is 36.4 Å². The molecular weight excluding hydrogens is 495 g/mol. The van der Waals surface area contributed by atoms with Gasteiger partial charge in [0.15, 0.2) is 5.96 Å². The maximum atomic E-state index is 5.65. The number of guanidine groups is 1. The van der Waals surface area contributed by atoms with Crippen molar-refractivity contribution >= 4 is 41.3 Å². The minimum Gasteiger partial charge on any atom is -0.381 e. The van der Waals surface area contributed by atoms with E-state index >= 15 is 0 Å². The largest absolute Gasteiger partial charge is 0.381 e. The van der Waals surface area contributed by atoms with Gasteiger partial charge in [0.2, 0.25) is 0 Å². The second-order valence-corrected chi connectivity index (χ2v) is 8.46. The molecule has 1 aromatic heterocycles. The molecule has 1 saturated heterocycles. The number of rotatable bonds is 7. The molecular formula is C22H33IN4OS. The third kappa shape index (κ3) is 6.94.